The summed E-state index contributed by atoms with van der Waals surface area (Å²) >= 11 is 0. The van der Waals surface area contributed by atoms with Gasteiger partial charge in [-0.1, -0.05) is 88.4 Å². The third kappa shape index (κ3) is 6.51. The molecular formula is C24H46Si2. The maximum atomic E-state index is 4.21. The van der Waals surface area contributed by atoms with Crippen LogP contribution in [-0.4, -0.2) is 16.1 Å². The molecule has 2 aliphatic rings. The average Bonchev–Trinajstić information content (AvgIpc) is 2.94. The van der Waals surface area contributed by atoms with E-state index in [1.807, 2.05) is 0 Å². The monoisotopic (exact) mass is 390 g/mol. The zero-order valence-corrected chi connectivity index (χ0v) is 20.8. The summed E-state index contributed by atoms with van der Waals surface area (Å²) in [6.07, 6.45) is 16.1. The Morgan fingerprint density at radius 1 is 0.769 bits per heavy atom. The third-order valence-electron chi connectivity index (χ3n) is 7.59. The normalized spacial score (nSPS) is 26.8. The number of hydrogen-bond donors (Lipinski definition) is 0. The Balaban J connectivity index is 1.91. The molecule has 2 aliphatic carbocycles. The van der Waals surface area contributed by atoms with Crippen LogP contribution in [0, 0.1) is 5.92 Å². The van der Waals surface area contributed by atoms with E-state index in [-0.39, 0.29) is 0 Å². The van der Waals surface area contributed by atoms with Crippen LogP contribution in [0.1, 0.15) is 71.6 Å². The molecule has 0 aliphatic heterocycles. The zero-order chi connectivity index (χ0) is 19.4. The third-order valence-corrected chi connectivity index (χ3v) is 16.2. The lowest BCUT2D eigenvalue weighted by atomic mass is 9.98. The highest BCUT2D eigenvalue weighted by molar-refractivity contribution is 6.79. The van der Waals surface area contributed by atoms with Crippen molar-refractivity contribution in [1.29, 1.82) is 0 Å². The van der Waals surface area contributed by atoms with Crippen LogP contribution in [0.5, 0.6) is 0 Å². The van der Waals surface area contributed by atoms with Gasteiger partial charge in [-0.25, -0.2) is 0 Å². The molecule has 0 aromatic heterocycles. The summed E-state index contributed by atoms with van der Waals surface area (Å²) in [7, 11) is -2.20. The summed E-state index contributed by atoms with van der Waals surface area (Å²) in [4.78, 5) is 0. The Bertz CT molecular complexity index is 494. The van der Waals surface area contributed by atoms with Gasteiger partial charge in [0.15, 0.2) is 0 Å². The summed E-state index contributed by atoms with van der Waals surface area (Å²) in [6, 6.07) is 2.78. The van der Waals surface area contributed by atoms with Crippen molar-refractivity contribution in [2.45, 2.75) is 121 Å². The van der Waals surface area contributed by atoms with E-state index in [4.69, 9.17) is 0 Å². The molecule has 0 aromatic carbocycles. The molecule has 0 amide bonds. The second-order valence-corrected chi connectivity index (χ2v) is 21.5. The summed E-state index contributed by atoms with van der Waals surface area (Å²) in [6.45, 7) is 19.4. The number of rotatable bonds is 7. The molecule has 150 valence electrons. The van der Waals surface area contributed by atoms with Crippen LogP contribution in [-0.2, 0) is 0 Å². The molecule has 26 heavy (non-hydrogen) atoms. The minimum atomic E-state index is -1.14. The lowest BCUT2D eigenvalue weighted by Gasteiger charge is -2.32. The minimum Gasteiger partial charge on any atom is -0.100 e. The van der Waals surface area contributed by atoms with Crippen molar-refractivity contribution in [3.63, 3.8) is 0 Å². The van der Waals surface area contributed by atoms with Crippen LogP contribution in [0.3, 0.4) is 0 Å². The molecule has 0 saturated heterocycles. The van der Waals surface area contributed by atoms with Crippen LogP contribution < -0.4 is 0 Å². The van der Waals surface area contributed by atoms with Crippen molar-refractivity contribution in [2.75, 3.05) is 0 Å². The van der Waals surface area contributed by atoms with Crippen molar-refractivity contribution < 1.29 is 0 Å². The molecule has 0 heterocycles. The van der Waals surface area contributed by atoms with Gasteiger partial charge in [0.25, 0.3) is 0 Å². The lowest BCUT2D eigenvalue weighted by Crippen LogP contribution is -2.32. The van der Waals surface area contributed by atoms with Gasteiger partial charge in [0.1, 0.15) is 0 Å². The van der Waals surface area contributed by atoms with Crippen molar-refractivity contribution in [1.82, 2.24) is 0 Å². The maximum absolute atomic E-state index is 4.21. The SMILES string of the molecule is C=C(C)C[Si](C)(C)C1CCCC(/C=C(/C)C[Si](C)(C)C2CCCC2)CC1. The molecule has 2 atom stereocenters. The molecule has 0 nitrogen and oxygen atoms in total. The molecule has 0 radical (unpaired) electrons. The molecule has 0 aromatic rings. The first-order chi connectivity index (χ1) is 12.1. The summed E-state index contributed by atoms with van der Waals surface area (Å²) in [5, 5.41) is 0. The van der Waals surface area contributed by atoms with Gasteiger partial charge in [-0.3, -0.25) is 0 Å². The number of hydrogen-bond acceptors (Lipinski definition) is 0. The van der Waals surface area contributed by atoms with Gasteiger partial charge in [-0.15, -0.1) is 6.58 Å². The fraction of sp³-hybridized carbons (Fsp3) is 0.833. The van der Waals surface area contributed by atoms with Crippen molar-refractivity contribution in [3.8, 4) is 0 Å². The minimum absolute atomic E-state index is 0.864. The van der Waals surface area contributed by atoms with Gasteiger partial charge in [0.2, 0.25) is 0 Å². The van der Waals surface area contributed by atoms with Crippen LogP contribution in [0.25, 0.3) is 0 Å². The van der Waals surface area contributed by atoms with E-state index in [1.54, 1.807) is 5.57 Å². The molecular weight excluding hydrogens is 344 g/mol. The maximum Gasteiger partial charge on any atom is 0.0545 e. The summed E-state index contributed by atoms with van der Waals surface area (Å²) in [5.74, 6) is 0.864. The molecule has 2 rings (SSSR count). The predicted molar refractivity (Wildman–Crippen MR) is 126 cm³/mol. The Morgan fingerprint density at radius 3 is 1.92 bits per heavy atom. The molecule has 0 spiro atoms. The quantitative estimate of drug-likeness (QED) is 0.231. The molecule has 2 saturated carbocycles. The largest absolute Gasteiger partial charge is 0.100 e. The van der Waals surface area contributed by atoms with E-state index >= 15 is 0 Å². The van der Waals surface area contributed by atoms with Crippen molar-refractivity contribution in [3.05, 3.63) is 23.8 Å². The van der Waals surface area contributed by atoms with Crippen LogP contribution in [0.4, 0.5) is 0 Å². The molecule has 2 unspecified atom stereocenters. The van der Waals surface area contributed by atoms with E-state index in [2.05, 4.69) is 52.7 Å². The van der Waals surface area contributed by atoms with Crippen LogP contribution in [0.15, 0.2) is 23.8 Å². The van der Waals surface area contributed by atoms with E-state index in [1.165, 1.54) is 75.4 Å². The summed E-state index contributed by atoms with van der Waals surface area (Å²) in [5.41, 5.74) is 5.26. The smallest absolute Gasteiger partial charge is 0.0545 e. The van der Waals surface area contributed by atoms with Crippen molar-refractivity contribution >= 4 is 16.1 Å². The van der Waals surface area contributed by atoms with Gasteiger partial charge < -0.3 is 0 Å². The van der Waals surface area contributed by atoms with Gasteiger partial charge in [0, 0.05) is 0 Å². The first kappa shape index (κ1) is 22.2. The molecule has 2 fully saturated rings. The summed E-state index contributed by atoms with van der Waals surface area (Å²) < 4.78 is 0. The molecule has 0 bridgehead atoms. The Kier molecular flexibility index (Phi) is 8.04. The second-order valence-electron chi connectivity index (χ2n) is 11.2. The first-order valence-electron chi connectivity index (χ1n) is 11.4. The lowest BCUT2D eigenvalue weighted by molar-refractivity contribution is 0.555. The molecule has 2 heteroatoms. The van der Waals surface area contributed by atoms with Gasteiger partial charge in [-0.2, -0.15) is 0 Å². The van der Waals surface area contributed by atoms with E-state index in [9.17, 15) is 0 Å². The van der Waals surface area contributed by atoms with Crippen molar-refractivity contribution in [2.24, 2.45) is 5.92 Å². The van der Waals surface area contributed by atoms with Crippen LogP contribution >= 0.6 is 0 Å². The van der Waals surface area contributed by atoms with Gasteiger partial charge >= 0.3 is 0 Å². The fourth-order valence-corrected chi connectivity index (χ4v) is 13.8. The standard InChI is InChI=1S/C24H46Si2/c1-20(2)18-25(4,5)24-14-10-11-22(15-16-24)17-21(3)19-26(6,7)23-12-8-9-13-23/h17,22-24H,1,8-16,18-19H2,2-7H3/b21-17-. The Morgan fingerprint density at radius 2 is 1.31 bits per heavy atom. The van der Waals surface area contributed by atoms with E-state index in [0.29, 0.717) is 0 Å². The first-order valence-corrected chi connectivity index (χ1v) is 18.0. The predicted octanol–water partition coefficient (Wildman–Crippen LogP) is 8.82. The zero-order valence-electron chi connectivity index (χ0n) is 18.8. The van der Waals surface area contributed by atoms with Gasteiger partial charge in [-0.05, 0) is 55.8 Å². The Labute approximate surface area is 167 Å². The fourth-order valence-electron chi connectivity index (χ4n) is 6.23. The second kappa shape index (κ2) is 9.41. The van der Waals surface area contributed by atoms with Gasteiger partial charge in [0.05, 0.1) is 16.1 Å². The number of allylic oxidation sites excluding steroid dienone is 3. The van der Waals surface area contributed by atoms with E-state index < -0.39 is 16.1 Å². The highest BCUT2D eigenvalue weighted by atomic mass is 28.3. The Hall–Kier alpha value is -0.0862. The highest BCUT2D eigenvalue weighted by Gasteiger charge is 2.35. The topological polar surface area (TPSA) is 0 Å². The van der Waals surface area contributed by atoms with E-state index in [0.717, 1.165) is 17.0 Å². The molecule has 0 N–H and O–H groups in total. The highest BCUT2D eigenvalue weighted by Crippen LogP contribution is 2.43. The average molecular weight is 391 g/mol. The van der Waals surface area contributed by atoms with Crippen LogP contribution in [0.2, 0.25) is 49.4 Å².